The minimum atomic E-state index is -0.295. The van der Waals surface area contributed by atoms with Gasteiger partial charge in [-0.15, -0.1) is 11.3 Å². The van der Waals surface area contributed by atoms with Gasteiger partial charge in [-0.25, -0.2) is 5.43 Å². The number of hydrazone groups is 1. The third-order valence-corrected chi connectivity index (χ3v) is 5.45. The second-order valence-corrected chi connectivity index (χ2v) is 6.80. The minimum absolute atomic E-state index is 0.295. The molecule has 0 spiro atoms. The zero-order chi connectivity index (χ0) is 15.5. The second kappa shape index (κ2) is 6.60. The topological polar surface area (TPSA) is 41.5 Å². The van der Waals surface area contributed by atoms with Gasteiger partial charge in [0.25, 0.3) is 5.91 Å². The Balaban J connectivity index is 1.76. The molecule has 2 aromatic carbocycles. The molecule has 110 valence electrons. The monoisotopic (exact) mass is 392 g/mol. The summed E-state index contributed by atoms with van der Waals surface area (Å²) < 4.78 is 2.14. The molecule has 1 heterocycles. The van der Waals surface area contributed by atoms with Crippen molar-refractivity contribution in [1.82, 2.24) is 5.43 Å². The maximum absolute atomic E-state index is 12.0. The summed E-state index contributed by atoms with van der Waals surface area (Å²) in [7, 11) is 0. The summed E-state index contributed by atoms with van der Waals surface area (Å²) in [5.41, 5.74) is 2.98. The molecule has 1 N–H and O–H groups in total. The Bertz CT molecular complexity index is 875. The van der Waals surface area contributed by atoms with Gasteiger partial charge in [0.1, 0.15) is 0 Å². The lowest BCUT2D eigenvalue weighted by molar-refractivity contribution is 0.0955. The number of hydrogen-bond donors (Lipinski definition) is 1. The Morgan fingerprint density at radius 3 is 2.82 bits per heavy atom. The first-order valence-corrected chi connectivity index (χ1v) is 8.40. The van der Waals surface area contributed by atoms with Gasteiger partial charge >= 0.3 is 0 Å². The Hall–Kier alpha value is -1.69. The summed E-state index contributed by atoms with van der Waals surface area (Å²) in [5, 5.41) is 5.67. The molecule has 1 aromatic heterocycles. The lowest BCUT2D eigenvalue weighted by Gasteiger charge is -1.99. The number of nitrogens with one attached hydrogen (secondary N) is 1. The van der Waals surface area contributed by atoms with E-state index in [4.69, 9.17) is 11.6 Å². The molecular weight excluding hydrogens is 384 g/mol. The van der Waals surface area contributed by atoms with Gasteiger partial charge in [0.2, 0.25) is 0 Å². The van der Waals surface area contributed by atoms with Gasteiger partial charge in [0, 0.05) is 25.1 Å². The van der Waals surface area contributed by atoms with Crippen LogP contribution in [0.15, 0.2) is 58.1 Å². The summed E-state index contributed by atoms with van der Waals surface area (Å²) in [6.07, 6.45) is 1.64. The van der Waals surface area contributed by atoms with Crippen LogP contribution in [0.2, 0.25) is 5.02 Å². The predicted molar refractivity (Wildman–Crippen MR) is 96.0 cm³/mol. The van der Waals surface area contributed by atoms with E-state index in [1.165, 1.54) is 0 Å². The molecular formula is C16H10BrClN2OS. The number of amides is 1. The van der Waals surface area contributed by atoms with Gasteiger partial charge in [-0.3, -0.25) is 4.79 Å². The van der Waals surface area contributed by atoms with Crippen molar-refractivity contribution in [1.29, 1.82) is 0 Å². The van der Waals surface area contributed by atoms with Crippen LogP contribution in [-0.2, 0) is 0 Å². The van der Waals surface area contributed by atoms with Crippen LogP contribution < -0.4 is 5.43 Å². The van der Waals surface area contributed by atoms with Crippen LogP contribution in [0.3, 0.4) is 0 Å². The fraction of sp³-hybridized carbons (Fsp3) is 0. The average Bonchev–Trinajstić information content (AvgIpc) is 2.84. The molecule has 0 unspecified atom stereocenters. The molecule has 3 nitrogen and oxygen atoms in total. The first kappa shape index (κ1) is 15.2. The van der Waals surface area contributed by atoms with Crippen molar-refractivity contribution in [2.75, 3.05) is 0 Å². The Kier molecular flexibility index (Phi) is 4.57. The van der Waals surface area contributed by atoms with Crippen LogP contribution in [0, 0.1) is 0 Å². The first-order chi connectivity index (χ1) is 10.6. The molecule has 3 rings (SSSR count). The van der Waals surface area contributed by atoms with Crippen LogP contribution >= 0.6 is 38.9 Å². The molecule has 0 aliphatic carbocycles. The highest BCUT2D eigenvalue weighted by atomic mass is 79.9. The number of thiophene rings is 1. The predicted octanol–water partition coefficient (Wildman–Crippen LogP) is 5.08. The third-order valence-electron chi connectivity index (χ3n) is 2.99. The molecule has 0 saturated carbocycles. The average molecular weight is 394 g/mol. The van der Waals surface area contributed by atoms with Crippen molar-refractivity contribution in [3.05, 3.63) is 68.5 Å². The highest BCUT2D eigenvalue weighted by Gasteiger charge is 2.08. The van der Waals surface area contributed by atoms with E-state index in [0.717, 1.165) is 19.4 Å². The van der Waals surface area contributed by atoms with Gasteiger partial charge in [-0.05, 0) is 40.2 Å². The van der Waals surface area contributed by atoms with Crippen molar-refractivity contribution in [3.63, 3.8) is 0 Å². The van der Waals surface area contributed by atoms with Gasteiger partial charge in [-0.2, -0.15) is 5.10 Å². The summed E-state index contributed by atoms with van der Waals surface area (Å²) in [6.45, 7) is 0. The van der Waals surface area contributed by atoms with Crippen molar-refractivity contribution in [3.8, 4) is 0 Å². The number of rotatable bonds is 3. The molecule has 0 saturated heterocycles. The summed E-state index contributed by atoms with van der Waals surface area (Å²) in [6, 6.07) is 14.8. The largest absolute Gasteiger partial charge is 0.271 e. The van der Waals surface area contributed by atoms with Crippen molar-refractivity contribution in [2.24, 2.45) is 5.10 Å². The van der Waals surface area contributed by atoms with E-state index in [1.807, 2.05) is 24.3 Å². The van der Waals surface area contributed by atoms with Gasteiger partial charge in [0.15, 0.2) is 0 Å². The van der Waals surface area contributed by atoms with Crippen molar-refractivity contribution < 1.29 is 4.79 Å². The molecule has 3 aromatic rings. The molecule has 6 heteroatoms. The zero-order valence-electron chi connectivity index (χ0n) is 11.2. The first-order valence-electron chi connectivity index (χ1n) is 6.41. The van der Waals surface area contributed by atoms with Crippen LogP contribution in [0.1, 0.15) is 15.2 Å². The number of benzene rings is 2. The molecule has 0 atom stereocenters. The minimum Gasteiger partial charge on any atom is -0.267 e. The lowest BCUT2D eigenvalue weighted by Crippen LogP contribution is -2.17. The molecule has 0 aliphatic rings. The van der Waals surface area contributed by atoms with Gasteiger partial charge in [-0.1, -0.05) is 35.9 Å². The van der Waals surface area contributed by atoms with Crippen LogP contribution in [0.5, 0.6) is 0 Å². The summed E-state index contributed by atoms with van der Waals surface area (Å²) in [5.74, 6) is -0.295. The number of carbonyl (C=O) groups excluding carboxylic acids is 1. The maximum Gasteiger partial charge on any atom is 0.271 e. The molecule has 0 bridgehead atoms. The molecule has 22 heavy (non-hydrogen) atoms. The van der Waals surface area contributed by atoms with E-state index in [9.17, 15) is 4.79 Å². The van der Waals surface area contributed by atoms with E-state index in [1.54, 1.807) is 41.8 Å². The quantitative estimate of drug-likeness (QED) is 0.489. The fourth-order valence-electron chi connectivity index (χ4n) is 1.96. The van der Waals surface area contributed by atoms with Crippen molar-refractivity contribution in [2.45, 2.75) is 0 Å². The van der Waals surface area contributed by atoms with Gasteiger partial charge in [0.05, 0.1) is 11.1 Å². The standard InChI is InChI=1S/C16H10BrClN2OS/c17-15-12-6-1-2-7-13(12)22-14(15)9-19-20-16(21)10-4-3-5-11(18)8-10/h1-9H,(H,20,21)/b19-9-. The Morgan fingerprint density at radius 2 is 2.05 bits per heavy atom. The smallest absolute Gasteiger partial charge is 0.267 e. The number of nitrogens with zero attached hydrogens (tertiary/aromatic N) is 1. The van der Waals surface area contributed by atoms with Gasteiger partial charge < -0.3 is 0 Å². The molecule has 0 fully saturated rings. The second-order valence-electron chi connectivity index (χ2n) is 4.49. The van der Waals surface area contributed by atoms with E-state index in [0.29, 0.717) is 10.6 Å². The fourth-order valence-corrected chi connectivity index (χ4v) is 3.94. The Morgan fingerprint density at radius 1 is 1.23 bits per heavy atom. The van der Waals surface area contributed by atoms with E-state index >= 15 is 0 Å². The highest BCUT2D eigenvalue weighted by Crippen LogP contribution is 2.34. The molecule has 0 radical (unpaired) electrons. The van der Waals surface area contributed by atoms with Crippen LogP contribution in [0.4, 0.5) is 0 Å². The number of halogens is 2. The maximum atomic E-state index is 12.0. The molecule has 1 amide bonds. The SMILES string of the molecule is O=C(N/N=C\c1sc2ccccc2c1Br)c1cccc(Cl)c1. The summed E-state index contributed by atoms with van der Waals surface area (Å²) in [4.78, 5) is 12.9. The van der Waals surface area contributed by atoms with E-state index in [-0.39, 0.29) is 5.91 Å². The van der Waals surface area contributed by atoms with Crippen LogP contribution in [-0.4, -0.2) is 12.1 Å². The van der Waals surface area contributed by atoms with E-state index < -0.39 is 0 Å². The van der Waals surface area contributed by atoms with E-state index in [2.05, 4.69) is 26.5 Å². The molecule has 0 aliphatic heterocycles. The zero-order valence-corrected chi connectivity index (χ0v) is 14.4. The Labute approximate surface area is 144 Å². The van der Waals surface area contributed by atoms with Crippen LogP contribution in [0.25, 0.3) is 10.1 Å². The van der Waals surface area contributed by atoms with Crippen molar-refractivity contribution >= 4 is 61.1 Å². The number of fused-ring (bicyclic) bond motifs is 1. The highest BCUT2D eigenvalue weighted by molar-refractivity contribution is 9.10. The third kappa shape index (κ3) is 3.21. The normalized spacial score (nSPS) is 11.2. The number of hydrogen-bond acceptors (Lipinski definition) is 3. The number of carbonyl (C=O) groups is 1. The lowest BCUT2D eigenvalue weighted by atomic mass is 10.2. The summed E-state index contributed by atoms with van der Waals surface area (Å²) >= 11 is 11.0.